The van der Waals surface area contributed by atoms with Crippen molar-refractivity contribution in [2.75, 3.05) is 26.8 Å². The number of carbonyl (C=O) groups is 2. The Morgan fingerprint density at radius 2 is 2.21 bits per heavy atom. The van der Waals surface area contributed by atoms with Crippen LogP contribution in [0.3, 0.4) is 0 Å². The number of aryl methyl sites for hydroxylation is 2. The highest BCUT2D eigenvalue weighted by Crippen LogP contribution is 2.24. The third kappa shape index (κ3) is 4.48. The predicted molar refractivity (Wildman–Crippen MR) is 101 cm³/mol. The molecule has 1 aliphatic heterocycles. The first-order chi connectivity index (χ1) is 13.5. The summed E-state index contributed by atoms with van der Waals surface area (Å²) in [5.74, 6) is 0.0947. The zero-order valence-corrected chi connectivity index (χ0v) is 16.3. The molecule has 0 radical (unpaired) electrons. The van der Waals surface area contributed by atoms with Crippen LogP contribution >= 0.6 is 0 Å². The van der Waals surface area contributed by atoms with Gasteiger partial charge in [-0.25, -0.2) is 0 Å². The molecule has 150 valence electrons. The van der Waals surface area contributed by atoms with E-state index >= 15 is 0 Å². The maximum absolute atomic E-state index is 13.0. The van der Waals surface area contributed by atoms with Crippen LogP contribution in [0.25, 0.3) is 0 Å². The Balaban J connectivity index is 1.76. The van der Waals surface area contributed by atoms with Crippen LogP contribution in [0.5, 0.6) is 5.75 Å². The minimum Gasteiger partial charge on any atom is -0.487 e. The van der Waals surface area contributed by atoms with Gasteiger partial charge in [0.15, 0.2) is 5.69 Å². The summed E-state index contributed by atoms with van der Waals surface area (Å²) in [6, 6.07) is 4.66. The van der Waals surface area contributed by atoms with Crippen molar-refractivity contribution in [1.29, 1.82) is 0 Å². The molecule has 0 aliphatic carbocycles. The van der Waals surface area contributed by atoms with E-state index in [1.54, 1.807) is 49.4 Å². The topological polar surface area (TPSA) is 98.6 Å². The van der Waals surface area contributed by atoms with Crippen molar-refractivity contribution >= 4 is 11.8 Å². The van der Waals surface area contributed by atoms with Crippen LogP contribution in [0.4, 0.5) is 0 Å². The minimum atomic E-state index is -0.631. The third-order valence-corrected chi connectivity index (χ3v) is 4.70. The van der Waals surface area contributed by atoms with E-state index in [1.165, 1.54) is 4.90 Å². The second-order valence-corrected chi connectivity index (χ2v) is 6.72. The van der Waals surface area contributed by atoms with Crippen molar-refractivity contribution in [3.63, 3.8) is 0 Å². The van der Waals surface area contributed by atoms with Gasteiger partial charge in [0.1, 0.15) is 17.9 Å². The summed E-state index contributed by atoms with van der Waals surface area (Å²) in [7, 11) is 3.35. The largest absolute Gasteiger partial charge is 0.487 e. The van der Waals surface area contributed by atoms with Crippen LogP contribution in [0.1, 0.15) is 22.6 Å². The van der Waals surface area contributed by atoms with E-state index in [1.807, 2.05) is 6.92 Å². The van der Waals surface area contributed by atoms with Crippen molar-refractivity contribution in [3.8, 4) is 5.75 Å². The molecule has 1 N–H and O–H groups in total. The number of nitrogens with zero attached hydrogens (tertiary/aromatic N) is 4. The van der Waals surface area contributed by atoms with Crippen molar-refractivity contribution in [1.82, 2.24) is 25.0 Å². The van der Waals surface area contributed by atoms with Gasteiger partial charge in [-0.2, -0.15) is 5.10 Å². The number of ether oxygens (including phenoxy) is 2. The molecule has 28 heavy (non-hydrogen) atoms. The minimum absolute atomic E-state index is 0.227. The van der Waals surface area contributed by atoms with Crippen LogP contribution < -0.4 is 10.1 Å². The quantitative estimate of drug-likeness (QED) is 0.697. The number of aromatic nitrogens is 3. The lowest BCUT2D eigenvalue weighted by Crippen LogP contribution is -2.46. The number of likely N-dealkylation sites (tertiary alicyclic amines) is 1. The standard InChI is InChI=1S/C19H25N5O4/c1-13-9-16(22-23(13)2)19(26)24-12-15(28-14-5-4-6-20-11-14)10-17(24)18(25)21-7-8-27-3/h4-6,9,11,15,17H,7-8,10,12H2,1-3H3,(H,21,25). The molecule has 3 heterocycles. The summed E-state index contributed by atoms with van der Waals surface area (Å²) in [4.78, 5) is 31.3. The molecule has 0 aromatic carbocycles. The molecule has 1 fully saturated rings. The molecule has 9 heteroatoms. The number of rotatable bonds is 7. The third-order valence-electron chi connectivity index (χ3n) is 4.70. The van der Waals surface area contributed by atoms with Gasteiger partial charge in [0.05, 0.1) is 19.3 Å². The fourth-order valence-corrected chi connectivity index (χ4v) is 3.17. The second kappa shape index (κ2) is 8.83. The number of methoxy groups -OCH3 is 1. The highest BCUT2D eigenvalue weighted by Gasteiger charge is 2.41. The molecule has 2 aromatic heterocycles. The van der Waals surface area contributed by atoms with E-state index in [4.69, 9.17) is 9.47 Å². The lowest BCUT2D eigenvalue weighted by atomic mass is 10.1. The van der Waals surface area contributed by atoms with Gasteiger partial charge in [-0.3, -0.25) is 19.3 Å². The molecule has 2 aromatic rings. The van der Waals surface area contributed by atoms with Crippen molar-refractivity contribution < 1.29 is 19.1 Å². The van der Waals surface area contributed by atoms with E-state index in [-0.39, 0.29) is 17.9 Å². The van der Waals surface area contributed by atoms with Gasteiger partial charge in [0.2, 0.25) is 5.91 Å². The Morgan fingerprint density at radius 3 is 2.86 bits per heavy atom. The number of carbonyl (C=O) groups excluding carboxylic acids is 2. The molecule has 0 bridgehead atoms. The first kappa shape index (κ1) is 19.8. The van der Waals surface area contributed by atoms with Gasteiger partial charge in [-0.05, 0) is 25.1 Å². The van der Waals surface area contributed by atoms with Crippen LogP contribution in [-0.2, 0) is 16.6 Å². The van der Waals surface area contributed by atoms with E-state index in [2.05, 4.69) is 15.4 Å². The van der Waals surface area contributed by atoms with Gasteiger partial charge in [0, 0.05) is 39.0 Å². The Hall–Kier alpha value is -2.94. The van der Waals surface area contributed by atoms with Gasteiger partial charge in [0.25, 0.3) is 5.91 Å². The molecule has 3 rings (SSSR count). The number of hydrogen-bond donors (Lipinski definition) is 1. The van der Waals surface area contributed by atoms with E-state index in [0.29, 0.717) is 37.6 Å². The maximum Gasteiger partial charge on any atom is 0.275 e. The molecular weight excluding hydrogens is 362 g/mol. The lowest BCUT2D eigenvalue weighted by Gasteiger charge is -2.22. The number of hydrogen-bond acceptors (Lipinski definition) is 6. The monoisotopic (exact) mass is 387 g/mol. The fourth-order valence-electron chi connectivity index (χ4n) is 3.17. The molecule has 0 saturated carbocycles. The molecule has 2 atom stereocenters. The lowest BCUT2D eigenvalue weighted by molar-refractivity contribution is -0.125. The van der Waals surface area contributed by atoms with Gasteiger partial charge >= 0.3 is 0 Å². The number of amides is 2. The maximum atomic E-state index is 13.0. The number of pyridine rings is 1. The average molecular weight is 387 g/mol. The van der Waals surface area contributed by atoms with E-state index in [0.717, 1.165) is 5.69 Å². The van der Waals surface area contributed by atoms with Gasteiger partial charge in [-0.1, -0.05) is 0 Å². The zero-order chi connectivity index (χ0) is 20.1. The SMILES string of the molecule is COCCNC(=O)C1CC(Oc2cccnc2)CN1C(=O)c1cc(C)n(C)n1. The first-order valence-electron chi connectivity index (χ1n) is 9.14. The molecule has 2 amide bonds. The van der Waals surface area contributed by atoms with Crippen LogP contribution in [0.2, 0.25) is 0 Å². The Morgan fingerprint density at radius 1 is 1.39 bits per heavy atom. The molecule has 9 nitrogen and oxygen atoms in total. The highest BCUT2D eigenvalue weighted by atomic mass is 16.5. The Bertz CT molecular complexity index is 803. The number of nitrogens with one attached hydrogen (secondary N) is 1. The summed E-state index contributed by atoms with van der Waals surface area (Å²) in [6.45, 7) is 2.95. The molecule has 0 spiro atoms. The fraction of sp³-hybridized carbons (Fsp3) is 0.474. The van der Waals surface area contributed by atoms with E-state index < -0.39 is 6.04 Å². The van der Waals surface area contributed by atoms with E-state index in [9.17, 15) is 9.59 Å². The summed E-state index contributed by atoms with van der Waals surface area (Å²) >= 11 is 0. The van der Waals surface area contributed by atoms with Crippen molar-refractivity contribution in [2.24, 2.45) is 7.05 Å². The summed E-state index contributed by atoms with van der Waals surface area (Å²) in [5, 5.41) is 7.07. The molecule has 1 aliphatic rings. The predicted octanol–water partition coefficient (Wildman–Crippen LogP) is 0.548. The second-order valence-electron chi connectivity index (χ2n) is 6.72. The zero-order valence-electron chi connectivity index (χ0n) is 16.3. The summed E-state index contributed by atoms with van der Waals surface area (Å²) < 4.78 is 12.6. The Labute approximate surface area is 163 Å². The molecule has 2 unspecified atom stereocenters. The normalized spacial score (nSPS) is 18.9. The molecular formula is C19H25N5O4. The smallest absolute Gasteiger partial charge is 0.275 e. The van der Waals surface area contributed by atoms with Crippen molar-refractivity contribution in [2.45, 2.75) is 25.5 Å². The Kier molecular flexibility index (Phi) is 6.25. The summed E-state index contributed by atoms with van der Waals surface area (Å²) in [6.07, 6.45) is 3.36. The average Bonchev–Trinajstić information content (AvgIpc) is 3.26. The van der Waals surface area contributed by atoms with Gasteiger partial charge < -0.3 is 19.7 Å². The van der Waals surface area contributed by atoms with Crippen LogP contribution in [0, 0.1) is 6.92 Å². The van der Waals surface area contributed by atoms with Crippen LogP contribution in [0.15, 0.2) is 30.6 Å². The molecule has 1 saturated heterocycles. The van der Waals surface area contributed by atoms with Crippen molar-refractivity contribution in [3.05, 3.63) is 42.0 Å². The van der Waals surface area contributed by atoms with Gasteiger partial charge in [-0.15, -0.1) is 0 Å². The summed E-state index contributed by atoms with van der Waals surface area (Å²) in [5.41, 5.74) is 1.18. The highest BCUT2D eigenvalue weighted by molar-refractivity contribution is 5.96. The van der Waals surface area contributed by atoms with Crippen LogP contribution in [-0.4, -0.2) is 70.4 Å². The first-order valence-corrected chi connectivity index (χ1v) is 9.14.